The molecule has 0 saturated heterocycles. The van der Waals surface area contributed by atoms with E-state index in [-0.39, 0.29) is 62.7 Å². The zero-order valence-electron chi connectivity index (χ0n) is 54.2. The molecule has 0 unspecified atom stereocenters. The second-order valence-corrected chi connectivity index (χ2v) is 35.5. The zero-order chi connectivity index (χ0) is 56.0. The van der Waals surface area contributed by atoms with Crippen LogP contribution in [-0.2, 0) is 53.9 Å². The number of pyridine rings is 1. The van der Waals surface area contributed by atoms with Crippen LogP contribution >= 0.6 is 0 Å². The third kappa shape index (κ3) is 13.9. The van der Waals surface area contributed by atoms with Gasteiger partial charge in [0.25, 0.3) is 0 Å². The molecule has 83 heavy (non-hydrogen) atoms. The largest absolute Gasteiger partial charge is 0.507 e. The van der Waals surface area contributed by atoms with E-state index in [2.05, 4.69) is 147 Å². The molecule has 5 heteroatoms. The fourth-order valence-corrected chi connectivity index (χ4v) is 24.3. The van der Waals surface area contributed by atoms with Crippen molar-refractivity contribution in [1.29, 1.82) is 0 Å². The first kappa shape index (κ1) is 65.7. The van der Waals surface area contributed by atoms with E-state index in [0.717, 1.165) is 80.3 Å². The minimum Gasteiger partial charge on any atom is -0.507 e. The molecule has 450 valence electrons. The van der Waals surface area contributed by atoms with Crippen LogP contribution in [0.4, 0.5) is 0 Å². The summed E-state index contributed by atoms with van der Waals surface area (Å²) < 4.78 is 0. The molecule has 1 aromatic heterocycles. The molecule has 4 aromatic carbocycles. The fourth-order valence-electron chi connectivity index (χ4n) is 18.9. The van der Waals surface area contributed by atoms with Crippen LogP contribution in [0.2, 0.25) is 18.1 Å². The SMILES string of the molecule is CCCCCC[Si](CCCCCC)(CCCCCC)Cc1cc(-c2ccccc2-c2cc(C(C)(C)C)cc(C34CC5CC(CC(C5)C3)C4)c2O)nc(-c2ccccc2-c2cc(C(C)(C)C)cc(C34CC5CC(CC(C5)C3)C4)c2O)c1.[CH3-].[CH3-].[Zr]. The number of aromatic nitrogens is 1. The van der Waals surface area contributed by atoms with Crippen molar-refractivity contribution in [3.05, 3.63) is 128 Å². The van der Waals surface area contributed by atoms with E-state index >= 15 is 0 Å². The second-order valence-electron chi connectivity index (χ2n) is 30.7. The van der Waals surface area contributed by atoms with Gasteiger partial charge in [-0.1, -0.05) is 218 Å². The molecular formula is C78H111NO2SiZr-2. The van der Waals surface area contributed by atoms with Gasteiger partial charge in [-0.05, 0) is 192 Å². The first-order valence-corrected chi connectivity index (χ1v) is 36.2. The van der Waals surface area contributed by atoms with Gasteiger partial charge in [-0.3, -0.25) is 0 Å². The maximum absolute atomic E-state index is 13.2. The second kappa shape index (κ2) is 27.0. The Bertz CT molecular complexity index is 2700. The monoisotopic (exact) mass is 1210 g/mol. The number of phenols is 2. The summed E-state index contributed by atoms with van der Waals surface area (Å²) in [5.74, 6) is 5.71. The molecule has 13 rings (SSSR count). The third-order valence-electron chi connectivity index (χ3n) is 22.3. The van der Waals surface area contributed by atoms with Crippen LogP contribution in [-0.4, -0.2) is 23.3 Å². The quantitative estimate of drug-likeness (QED) is 0.0389. The average molecular weight is 1210 g/mol. The summed E-state index contributed by atoms with van der Waals surface area (Å²) in [5.41, 5.74) is 14.8. The van der Waals surface area contributed by atoms with Gasteiger partial charge in [0, 0.05) is 59.6 Å². The predicted octanol–water partition coefficient (Wildman–Crippen LogP) is 22.9. The van der Waals surface area contributed by atoms with Crippen molar-refractivity contribution in [2.75, 3.05) is 0 Å². The first-order valence-electron chi connectivity index (χ1n) is 33.4. The number of unbranched alkanes of at least 4 members (excludes halogenated alkanes) is 9. The summed E-state index contributed by atoms with van der Waals surface area (Å²) in [6, 6.07) is 38.1. The summed E-state index contributed by atoms with van der Waals surface area (Å²) in [4.78, 5) is 5.94. The maximum Gasteiger partial charge on any atom is 0.127 e. The number of aromatic hydroxyl groups is 2. The van der Waals surface area contributed by atoms with Crippen molar-refractivity contribution >= 4 is 8.07 Å². The summed E-state index contributed by atoms with van der Waals surface area (Å²) in [6.45, 7) is 21.2. The standard InChI is InChI=1S/C76H105NO2Si.2CH3.Zr/c1-10-13-16-23-30-80(31-24-17-14-11-2,32-25-18-15-12-3)51-58-39-69(63-28-21-19-26-61(63)65-41-59(73(4,5)6)43-67(71(65)78)75-45-52-33-53(46-75)35-54(34-52)47-75)77-70(40-58)64-29-22-20-27-62(64)66-42-60(74(7,8)9)44-68(72(66)79)76-48-55-36-56(49-76)38-57(37-55)50-76;;;/h19-22,26-29,39-44,52-57,78-79H,10-18,23-25,30-38,45-51H2,1-9H3;2*1H3;/q;2*-1;. The summed E-state index contributed by atoms with van der Waals surface area (Å²) >= 11 is 0. The first-order chi connectivity index (χ1) is 38.4. The molecule has 8 aliphatic rings. The van der Waals surface area contributed by atoms with Gasteiger partial charge in [0.15, 0.2) is 0 Å². The molecule has 1 heterocycles. The fraction of sp³-hybridized carbons (Fsp3) is 0.603. The van der Waals surface area contributed by atoms with Gasteiger partial charge in [0.2, 0.25) is 0 Å². The maximum atomic E-state index is 13.2. The Morgan fingerprint density at radius 2 is 0.747 bits per heavy atom. The minimum atomic E-state index is -1.86. The number of rotatable bonds is 23. The van der Waals surface area contributed by atoms with Crippen molar-refractivity contribution in [3.63, 3.8) is 0 Å². The average Bonchev–Trinajstić information content (AvgIpc) is 3.54. The molecule has 8 aliphatic carbocycles. The number of phenolic OH excluding ortho intramolecular Hbond substituents is 2. The zero-order valence-corrected chi connectivity index (χ0v) is 57.6. The Labute approximate surface area is 527 Å². The van der Waals surface area contributed by atoms with Gasteiger partial charge in [-0.15, -0.1) is 0 Å². The minimum absolute atomic E-state index is 0. The van der Waals surface area contributed by atoms with Crippen molar-refractivity contribution in [1.82, 2.24) is 4.98 Å². The Morgan fingerprint density at radius 3 is 1.05 bits per heavy atom. The molecule has 5 aromatic rings. The van der Waals surface area contributed by atoms with Gasteiger partial charge < -0.3 is 25.1 Å². The molecule has 3 nitrogen and oxygen atoms in total. The van der Waals surface area contributed by atoms with Crippen molar-refractivity contribution in [3.8, 4) is 56.3 Å². The normalized spacial score (nSPS) is 25.0. The van der Waals surface area contributed by atoms with E-state index < -0.39 is 8.07 Å². The summed E-state index contributed by atoms with van der Waals surface area (Å²) in [7, 11) is -1.86. The van der Waals surface area contributed by atoms with Crippen LogP contribution in [0.3, 0.4) is 0 Å². The van der Waals surface area contributed by atoms with Gasteiger partial charge in [-0.25, -0.2) is 4.98 Å². The Balaban J connectivity index is 0.00000300. The summed E-state index contributed by atoms with van der Waals surface area (Å²) in [6.07, 6.45) is 31.5. The number of hydrogen-bond acceptors (Lipinski definition) is 3. The molecule has 8 saturated carbocycles. The molecule has 0 atom stereocenters. The number of nitrogens with zero attached hydrogens (tertiary/aromatic N) is 1. The summed E-state index contributed by atoms with van der Waals surface area (Å²) in [5, 5.41) is 26.4. The molecule has 0 amide bonds. The van der Waals surface area contributed by atoms with Crippen LogP contribution < -0.4 is 0 Å². The van der Waals surface area contributed by atoms with Crippen molar-refractivity contribution in [2.45, 2.75) is 262 Å². The van der Waals surface area contributed by atoms with E-state index in [1.54, 1.807) is 0 Å². The van der Waals surface area contributed by atoms with Crippen molar-refractivity contribution < 1.29 is 36.4 Å². The van der Waals surface area contributed by atoms with Crippen molar-refractivity contribution in [2.24, 2.45) is 35.5 Å². The smallest absolute Gasteiger partial charge is 0.127 e. The Hall–Kier alpha value is -3.27. The van der Waals surface area contributed by atoms with Crippen LogP contribution in [0.15, 0.2) is 84.9 Å². The van der Waals surface area contributed by atoms with E-state index in [1.807, 2.05) is 0 Å². The van der Waals surface area contributed by atoms with Gasteiger partial charge >= 0.3 is 0 Å². The Kier molecular flexibility index (Phi) is 21.4. The number of hydrogen-bond donors (Lipinski definition) is 2. The molecule has 2 N–H and O–H groups in total. The van der Waals surface area contributed by atoms with Gasteiger partial charge in [0.1, 0.15) is 11.5 Å². The Morgan fingerprint density at radius 1 is 0.434 bits per heavy atom. The van der Waals surface area contributed by atoms with E-state index in [0.29, 0.717) is 11.5 Å². The van der Waals surface area contributed by atoms with Crippen LogP contribution in [0.25, 0.3) is 44.8 Å². The predicted molar refractivity (Wildman–Crippen MR) is 356 cm³/mol. The van der Waals surface area contributed by atoms with Crippen LogP contribution in [0.1, 0.15) is 244 Å². The van der Waals surface area contributed by atoms with Crippen LogP contribution in [0, 0.1) is 50.4 Å². The molecule has 8 fully saturated rings. The molecule has 0 aliphatic heterocycles. The van der Waals surface area contributed by atoms with E-state index in [4.69, 9.17) is 4.98 Å². The van der Waals surface area contributed by atoms with Gasteiger partial charge in [-0.2, -0.15) is 0 Å². The third-order valence-corrected chi connectivity index (χ3v) is 27.7. The number of benzene rings is 4. The van der Waals surface area contributed by atoms with E-state index in [1.165, 1.54) is 206 Å². The van der Waals surface area contributed by atoms with Crippen LogP contribution in [0.5, 0.6) is 11.5 Å². The molecule has 8 bridgehead atoms. The van der Waals surface area contributed by atoms with E-state index in [9.17, 15) is 10.2 Å². The molecule has 0 spiro atoms. The molecular weight excluding hydrogens is 1100 g/mol. The topological polar surface area (TPSA) is 53.4 Å². The van der Waals surface area contributed by atoms with Gasteiger partial charge in [0.05, 0.1) is 19.5 Å². The molecule has 0 radical (unpaired) electrons.